The number of nitrogen functional groups attached to an aromatic ring is 1. The predicted octanol–water partition coefficient (Wildman–Crippen LogP) is -0.485. The van der Waals surface area contributed by atoms with Crippen molar-refractivity contribution in [2.45, 2.75) is 6.42 Å². The van der Waals surface area contributed by atoms with E-state index < -0.39 is 5.97 Å². The molecule has 86 valence electrons. The molecule has 1 heterocycles. The van der Waals surface area contributed by atoms with E-state index in [0.717, 1.165) is 11.3 Å². The number of carboxylic acids is 1. The second kappa shape index (κ2) is 5.75. The molecule has 1 rings (SSSR count). The van der Waals surface area contributed by atoms with Gasteiger partial charge in [0.25, 0.3) is 0 Å². The molecule has 0 aliphatic heterocycles. The Kier molecular flexibility index (Phi) is 4.33. The lowest BCUT2D eigenvalue weighted by atomic mass is 10.4. The van der Waals surface area contributed by atoms with Gasteiger partial charge in [0, 0.05) is 0 Å². The lowest BCUT2D eigenvalue weighted by Crippen LogP contribution is -2.05. The number of oxime groups is 1. The number of aromatic nitrogens is 2. The Morgan fingerprint density at radius 3 is 2.88 bits per heavy atom. The lowest BCUT2D eigenvalue weighted by Gasteiger charge is -1.96. The van der Waals surface area contributed by atoms with Crippen molar-refractivity contribution in [1.29, 1.82) is 0 Å². The molecule has 0 aromatic carbocycles. The summed E-state index contributed by atoms with van der Waals surface area (Å²) in [7, 11) is 0. The van der Waals surface area contributed by atoms with E-state index in [1.165, 1.54) is 0 Å². The van der Waals surface area contributed by atoms with Crippen molar-refractivity contribution in [3.8, 4) is 0 Å². The third kappa shape index (κ3) is 3.61. The first-order valence-electron chi connectivity index (χ1n) is 4.09. The molecule has 0 saturated heterocycles. The average Bonchev–Trinajstić information content (AvgIpc) is 2.64. The van der Waals surface area contributed by atoms with E-state index >= 15 is 0 Å². The monoisotopic (exact) mass is 244 g/mol. The van der Waals surface area contributed by atoms with E-state index in [1.54, 1.807) is 0 Å². The molecule has 0 radical (unpaired) electrons. The van der Waals surface area contributed by atoms with Crippen LogP contribution in [-0.2, 0) is 14.4 Å². The number of nitrogens with two attached hydrogens (primary N) is 1. The summed E-state index contributed by atoms with van der Waals surface area (Å²) in [6.07, 6.45) is 0.231. The number of anilines is 1. The number of aliphatic carboxylic acids is 1. The molecule has 0 spiro atoms. The van der Waals surface area contributed by atoms with Gasteiger partial charge in [-0.15, -0.1) is 10.2 Å². The van der Waals surface area contributed by atoms with Gasteiger partial charge in [-0.05, 0) is 0 Å². The molecule has 1 aromatic rings. The maximum Gasteiger partial charge on any atom is 0.306 e. The number of carbonyl (C=O) groups is 2. The minimum atomic E-state index is -1.01. The van der Waals surface area contributed by atoms with Crippen LogP contribution in [0.4, 0.5) is 5.13 Å². The number of carboxylic acid groups (broad SMARTS) is 1. The van der Waals surface area contributed by atoms with Gasteiger partial charge >= 0.3 is 5.97 Å². The highest BCUT2D eigenvalue weighted by molar-refractivity contribution is 7.17. The van der Waals surface area contributed by atoms with Crippen LogP contribution in [0.25, 0.3) is 0 Å². The Bertz CT molecular complexity index is 416. The van der Waals surface area contributed by atoms with Crippen molar-refractivity contribution in [2.24, 2.45) is 5.16 Å². The second-order valence-corrected chi connectivity index (χ2v) is 3.53. The van der Waals surface area contributed by atoms with Crippen LogP contribution in [0.1, 0.15) is 11.4 Å². The van der Waals surface area contributed by atoms with Crippen LogP contribution in [0, 0.1) is 0 Å². The SMILES string of the molecule is Nc1nnc(C(C=O)=NOCCC(=O)O)s1. The minimum absolute atomic E-state index is 0.0698. The number of rotatable bonds is 6. The van der Waals surface area contributed by atoms with Crippen molar-refractivity contribution in [3.05, 3.63) is 5.01 Å². The molecule has 0 bridgehead atoms. The highest BCUT2D eigenvalue weighted by Crippen LogP contribution is 2.11. The molecule has 0 amide bonds. The summed E-state index contributed by atoms with van der Waals surface area (Å²) in [4.78, 5) is 25.4. The zero-order valence-electron chi connectivity index (χ0n) is 7.99. The summed E-state index contributed by atoms with van der Waals surface area (Å²) in [6, 6.07) is 0. The van der Waals surface area contributed by atoms with Crippen LogP contribution in [-0.4, -0.2) is 39.9 Å². The summed E-state index contributed by atoms with van der Waals surface area (Å²) in [5.41, 5.74) is 5.25. The molecule has 0 aliphatic rings. The Hall–Kier alpha value is -2.03. The fourth-order valence-electron chi connectivity index (χ4n) is 0.697. The molecule has 16 heavy (non-hydrogen) atoms. The van der Waals surface area contributed by atoms with E-state index in [2.05, 4.69) is 20.2 Å². The van der Waals surface area contributed by atoms with Crippen LogP contribution in [0.5, 0.6) is 0 Å². The van der Waals surface area contributed by atoms with Crippen molar-refractivity contribution in [2.75, 3.05) is 12.3 Å². The van der Waals surface area contributed by atoms with Gasteiger partial charge in [0.2, 0.25) is 5.13 Å². The molecule has 9 heteroatoms. The van der Waals surface area contributed by atoms with E-state index in [1.807, 2.05) is 0 Å². The fraction of sp³-hybridized carbons (Fsp3) is 0.286. The van der Waals surface area contributed by atoms with Gasteiger partial charge in [-0.3, -0.25) is 9.59 Å². The summed E-state index contributed by atoms with van der Waals surface area (Å²) >= 11 is 0.982. The van der Waals surface area contributed by atoms with Crippen LogP contribution in [0.2, 0.25) is 0 Å². The van der Waals surface area contributed by atoms with E-state index in [9.17, 15) is 9.59 Å². The van der Waals surface area contributed by atoms with Gasteiger partial charge in [-0.2, -0.15) is 0 Å². The van der Waals surface area contributed by atoms with Crippen molar-refractivity contribution < 1.29 is 19.5 Å². The Morgan fingerprint density at radius 1 is 1.62 bits per heavy atom. The molecular formula is C7H8N4O4S. The third-order valence-electron chi connectivity index (χ3n) is 1.34. The molecule has 0 atom stereocenters. The van der Waals surface area contributed by atoms with Crippen LogP contribution < -0.4 is 5.73 Å². The first-order chi connectivity index (χ1) is 7.63. The highest BCUT2D eigenvalue weighted by Gasteiger charge is 2.09. The summed E-state index contributed by atoms with van der Waals surface area (Å²) in [5.74, 6) is -1.01. The van der Waals surface area contributed by atoms with Crippen molar-refractivity contribution in [3.63, 3.8) is 0 Å². The van der Waals surface area contributed by atoms with Crippen LogP contribution >= 0.6 is 11.3 Å². The van der Waals surface area contributed by atoms with E-state index in [-0.39, 0.29) is 28.9 Å². The first-order valence-corrected chi connectivity index (χ1v) is 4.91. The molecular weight excluding hydrogens is 236 g/mol. The molecule has 0 fully saturated rings. The van der Waals surface area contributed by atoms with Gasteiger partial charge in [-0.25, -0.2) is 0 Å². The number of aldehydes is 1. The minimum Gasteiger partial charge on any atom is -0.481 e. The summed E-state index contributed by atoms with van der Waals surface area (Å²) in [5, 5.41) is 19.3. The first kappa shape index (κ1) is 12.0. The van der Waals surface area contributed by atoms with Crippen molar-refractivity contribution in [1.82, 2.24) is 10.2 Å². The van der Waals surface area contributed by atoms with Crippen molar-refractivity contribution >= 4 is 34.4 Å². The third-order valence-corrected chi connectivity index (χ3v) is 2.12. The number of nitrogens with zero attached hydrogens (tertiary/aromatic N) is 3. The quantitative estimate of drug-likeness (QED) is 0.299. The zero-order chi connectivity index (χ0) is 12.0. The zero-order valence-corrected chi connectivity index (χ0v) is 8.81. The van der Waals surface area contributed by atoms with E-state index in [4.69, 9.17) is 10.8 Å². The fourth-order valence-corrected chi connectivity index (χ4v) is 1.25. The smallest absolute Gasteiger partial charge is 0.306 e. The molecule has 0 unspecified atom stereocenters. The Balaban J connectivity index is 2.57. The normalized spacial score (nSPS) is 11.1. The Morgan fingerprint density at radius 2 is 2.38 bits per heavy atom. The predicted molar refractivity (Wildman–Crippen MR) is 55.1 cm³/mol. The van der Waals surface area contributed by atoms with Gasteiger partial charge in [0.1, 0.15) is 6.61 Å². The number of carbonyl (C=O) groups excluding carboxylic acids is 1. The standard InChI is InChI=1S/C7H8N4O4S/c8-7-10-9-6(16-7)4(3-12)11-15-2-1-5(13)14/h3H,1-2H2,(H2,8,10)(H,13,14). The Labute approximate surface area is 93.7 Å². The van der Waals surface area contributed by atoms with E-state index in [0.29, 0.717) is 6.29 Å². The molecule has 0 aliphatic carbocycles. The van der Waals surface area contributed by atoms with Gasteiger partial charge in [-0.1, -0.05) is 16.5 Å². The van der Waals surface area contributed by atoms with Gasteiger partial charge in [0.05, 0.1) is 6.42 Å². The molecule has 0 saturated carbocycles. The van der Waals surface area contributed by atoms with Crippen LogP contribution in [0.3, 0.4) is 0 Å². The van der Waals surface area contributed by atoms with Gasteiger partial charge < -0.3 is 15.7 Å². The van der Waals surface area contributed by atoms with Crippen LogP contribution in [0.15, 0.2) is 5.16 Å². The van der Waals surface area contributed by atoms with Gasteiger partial charge in [0.15, 0.2) is 17.0 Å². The largest absolute Gasteiger partial charge is 0.481 e. The summed E-state index contributed by atoms with van der Waals surface area (Å²) < 4.78 is 0. The average molecular weight is 244 g/mol. The summed E-state index contributed by atoms with van der Waals surface area (Å²) in [6.45, 7) is -0.124. The molecule has 3 N–H and O–H groups in total. The topological polar surface area (TPSA) is 128 Å². The number of hydrogen-bond acceptors (Lipinski definition) is 8. The number of hydrogen-bond donors (Lipinski definition) is 2. The maximum absolute atomic E-state index is 10.6. The lowest BCUT2D eigenvalue weighted by molar-refractivity contribution is -0.138. The molecule has 1 aromatic heterocycles. The maximum atomic E-state index is 10.6. The molecule has 8 nitrogen and oxygen atoms in total. The highest BCUT2D eigenvalue weighted by atomic mass is 32.1. The second-order valence-electron chi connectivity index (χ2n) is 2.52.